The van der Waals surface area contributed by atoms with E-state index >= 15 is 0 Å². The number of rotatable bonds is 3. The van der Waals surface area contributed by atoms with Gasteiger partial charge in [-0.15, -0.1) is 0 Å². The van der Waals surface area contributed by atoms with Gasteiger partial charge in [-0.25, -0.2) is 22.3 Å². The molecule has 20 heavy (non-hydrogen) atoms. The average molecular weight is 299 g/mol. The predicted molar refractivity (Wildman–Crippen MR) is 75.8 cm³/mol. The third-order valence-electron chi connectivity index (χ3n) is 2.28. The third-order valence-corrected chi connectivity index (χ3v) is 3.58. The van der Waals surface area contributed by atoms with Gasteiger partial charge in [0.05, 0.1) is 6.26 Å². The molecule has 7 nitrogen and oxygen atoms in total. The molecule has 0 aliphatic heterocycles. The topological polar surface area (TPSA) is 95.6 Å². The molecular formula is C12H17N3O4S. The largest absolute Gasteiger partial charge is 0.339 e. The Bertz CT molecular complexity index is 584. The van der Waals surface area contributed by atoms with Crippen molar-refractivity contribution in [1.82, 2.24) is 9.62 Å². The number of hydrogen-bond acceptors (Lipinski definition) is 4. The predicted octanol–water partition coefficient (Wildman–Crippen LogP) is 1.60. The summed E-state index contributed by atoms with van der Waals surface area (Å²) in [5.74, 6) is 0. The summed E-state index contributed by atoms with van der Waals surface area (Å²) in [6, 6.07) is 6.11. The monoisotopic (exact) mass is 299 g/mol. The lowest BCUT2D eigenvalue weighted by Gasteiger charge is -2.23. The number of carbonyl (C=O) groups excluding carboxylic acids is 2. The third kappa shape index (κ3) is 4.54. The SMILES string of the molecule is CC(C)N(C(=O)NC(=O)Nc1ccccc1)S(C)(=O)=O. The van der Waals surface area contributed by atoms with Crippen LogP contribution >= 0.6 is 0 Å². The summed E-state index contributed by atoms with van der Waals surface area (Å²) in [6.07, 6.45) is 0.904. The van der Waals surface area contributed by atoms with Gasteiger partial charge in [-0.2, -0.15) is 0 Å². The summed E-state index contributed by atoms with van der Waals surface area (Å²) < 4.78 is 23.6. The van der Waals surface area contributed by atoms with Gasteiger partial charge < -0.3 is 5.32 Å². The quantitative estimate of drug-likeness (QED) is 0.886. The summed E-state index contributed by atoms with van der Waals surface area (Å²) >= 11 is 0. The molecule has 0 spiro atoms. The van der Waals surface area contributed by atoms with Crippen molar-refractivity contribution in [1.29, 1.82) is 0 Å². The molecule has 0 aromatic heterocycles. The highest BCUT2D eigenvalue weighted by atomic mass is 32.2. The molecule has 0 saturated carbocycles. The van der Waals surface area contributed by atoms with Gasteiger partial charge in [-0.1, -0.05) is 18.2 Å². The second kappa shape index (κ2) is 6.38. The van der Waals surface area contributed by atoms with Crippen molar-refractivity contribution in [3.8, 4) is 0 Å². The van der Waals surface area contributed by atoms with E-state index in [2.05, 4.69) is 5.32 Å². The fourth-order valence-corrected chi connectivity index (χ4v) is 2.72. The summed E-state index contributed by atoms with van der Waals surface area (Å²) in [5, 5.41) is 4.40. The number of benzene rings is 1. The molecule has 1 aromatic rings. The van der Waals surface area contributed by atoms with E-state index in [1.807, 2.05) is 5.32 Å². The molecule has 1 aromatic carbocycles. The molecule has 1 rings (SSSR count). The molecular weight excluding hydrogens is 282 g/mol. The van der Waals surface area contributed by atoms with Crippen molar-refractivity contribution >= 4 is 27.8 Å². The van der Waals surface area contributed by atoms with E-state index in [0.29, 0.717) is 9.99 Å². The molecule has 4 amide bonds. The van der Waals surface area contributed by atoms with Crippen molar-refractivity contribution in [2.75, 3.05) is 11.6 Å². The highest BCUT2D eigenvalue weighted by Gasteiger charge is 2.27. The normalized spacial score (nSPS) is 11.0. The van der Waals surface area contributed by atoms with Crippen molar-refractivity contribution in [3.05, 3.63) is 30.3 Å². The Hall–Kier alpha value is -2.09. The molecule has 0 atom stereocenters. The van der Waals surface area contributed by atoms with Crippen molar-refractivity contribution < 1.29 is 18.0 Å². The Morgan fingerprint density at radius 3 is 2.15 bits per heavy atom. The number of nitrogens with zero attached hydrogens (tertiary/aromatic N) is 1. The summed E-state index contributed by atoms with van der Waals surface area (Å²) in [7, 11) is -3.74. The number of urea groups is 2. The van der Waals surface area contributed by atoms with Crippen LogP contribution in [0.1, 0.15) is 13.8 Å². The number of hydrogen-bond donors (Lipinski definition) is 2. The van der Waals surface area contributed by atoms with Crippen molar-refractivity contribution in [3.63, 3.8) is 0 Å². The van der Waals surface area contributed by atoms with E-state index in [4.69, 9.17) is 0 Å². The molecule has 8 heteroatoms. The van der Waals surface area contributed by atoms with Crippen LogP contribution in [0.2, 0.25) is 0 Å². The van der Waals surface area contributed by atoms with Crippen LogP contribution in [0.3, 0.4) is 0 Å². The first kappa shape index (κ1) is 16.0. The summed E-state index contributed by atoms with van der Waals surface area (Å²) in [6.45, 7) is 3.07. The minimum atomic E-state index is -3.74. The van der Waals surface area contributed by atoms with E-state index in [-0.39, 0.29) is 0 Å². The Balaban J connectivity index is 2.72. The maximum Gasteiger partial charge on any atom is 0.339 e. The molecule has 0 unspecified atom stereocenters. The molecule has 0 saturated heterocycles. The zero-order valence-corrected chi connectivity index (χ0v) is 12.3. The van der Waals surface area contributed by atoms with Crippen LogP contribution in [0.5, 0.6) is 0 Å². The summed E-state index contributed by atoms with van der Waals surface area (Å²) in [5.41, 5.74) is 0.494. The Labute approximate surface area is 118 Å². The molecule has 0 radical (unpaired) electrons. The second-order valence-corrected chi connectivity index (χ2v) is 6.26. The lowest BCUT2D eigenvalue weighted by molar-refractivity contribution is 0.213. The molecule has 0 aliphatic rings. The Morgan fingerprint density at radius 1 is 1.15 bits per heavy atom. The maximum absolute atomic E-state index is 11.8. The van der Waals surface area contributed by atoms with Crippen molar-refractivity contribution in [2.24, 2.45) is 0 Å². The minimum Gasteiger partial charge on any atom is -0.308 e. The van der Waals surface area contributed by atoms with Gasteiger partial charge in [0.2, 0.25) is 10.0 Å². The van der Waals surface area contributed by atoms with Gasteiger partial charge in [0.25, 0.3) is 0 Å². The fourth-order valence-electron chi connectivity index (χ4n) is 1.60. The average Bonchev–Trinajstić information content (AvgIpc) is 2.26. The number of amides is 4. The number of imide groups is 1. The van der Waals surface area contributed by atoms with E-state index in [1.165, 1.54) is 13.8 Å². The van der Waals surface area contributed by atoms with E-state index in [1.54, 1.807) is 30.3 Å². The van der Waals surface area contributed by atoms with Gasteiger partial charge in [0.15, 0.2) is 0 Å². The lowest BCUT2D eigenvalue weighted by Crippen LogP contribution is -2.49. The highest BCUT2D eigenvalue weighted by molar-refractivity contribution is 7.88. The van der Waals surface area contributed by atoms with Gasteiger partial charge in [-0.3, -0.25) is 5.32 Å². The van der Waals surface area contributed by atoms with E-state index < -0.39 is 28.1 Å². The number of para-hydroxylation sites is 1. The zero-order valence-electron chi connectivity index (χ0n) is 11.5. The number of sulfonamides is 1. The number of nitrogens with one attached hydrogen (secondary N) is 2. The molecule has 0 bridgehead atoms. The fraction of sp³-hybridized carbons (Fsp3) is 0.333. The highest BCUT2D eigenvalue weighted by Crippen LogP contribution is 2.07. The first-order chi connectivity index (χ1) is 9.21. The maximum atomic E-state index is 11.8. The Kier molecular flexibility index (Phi) is 5.09. The molecule has 110 valence electrons. The molecule has 0 fully saturated rings. The smallest absolute Gasteiger partial charge is 0.308 e. The molecule has 0 heterocycles. The molecule has 2 N–H and O–H groups in total. The van der Waals surface area contributed by atoms with Crippen LogP contribution in [0, 0.1) is 0 Å². The van der Waals surface area contributed by atoms with Gasteiger partial charge in [0.1, 0.15) is 0 Å². The van der Waals surface area contributed by atoms with Crippen LogP contribution in [-0.4, -0.2) is 37.1 Å². The van der Waals surface area contributed by atoms with Gasteiger partial charge in [0, 0.05) is 11.7 Å². The summed E-state index contributed by atoms with van der Waals surface area (Å²) in [4.78, 5) is 23.4. The van der Waals surface area contributed by atoms with E-state index in [0.717, 1.165) is 6.26 Å². The lowest BCUT2D eigenvalue weighted by atomic mass is 10.3. The zero-order chi connectivity index (χ0) is 15.3. The van der Waals surface area contributed by atoms with Crippen LogP contribution in [-0.2, 0) is 10.0 Å². The number of carbonyl (C=O) groups is 2. The van der Waals surface area contributed by atoms with Crippen LogP contribution in [0.4, 0.5) is 15.3 Å². The standard InChI is InChI=1S/C12H17N3O4S/c1-9(2)15(20(3,18)19)12(17)14-11(16)13-10-7-5-4-6-8-10/h4-9H,1-3H3,(H2,13,14,16,17). The van der Waals surface area contributed by atoms with Gasteiger partial charge >= 0.3 is 12.1 Å². The Morgan fingerprint density at radius 2 is 1.70 bits per heavy atom. The van der Waals surface area contributed by atoms with Crippen molar-refractivity contribution in [2.45, 2.75) is 19.9 Å². The minimum absolute atomic E-state index is 0.494. The van der Waals surface area contributed by atoms with Crippen LogP contribution in [0.25, 0.3) is 0 Å². The number of anilines is 1. The van der Waals surface area contributed by atoms with Crippen LogP contribution in [0.15, 0.2) is 30.3 Å². The van der Waals surface area contributed by atoms with Gasteiger partial charge in [-0.05, 0) is 26.0 Å². The first-order valence-corrected chi connectivity index (χ1v) is 7.73. The van der Waals surface area contributed by atoms with Crippen LogP contribution < -0.4 is 10.6 Å². The second-order valence-electron chi connectivity index (χ2n) is 4.40. The molecule has 0 aliphatic carbocycles. The first-order valence-electron chi connectivity index (χ1n) is 5.88. The van der Waals surface area contributed by atoms with E-state index in [9.17, 15) is 18.0 Å².